The fourth-order valence-electron chi connectivity index (χ4n) is 2.58. The molecule has 0 fully saturated rings. The van der Waals surface area contributed by atoms with Crippen LogP contribution in [0.25, 0.3) is 17.5 Å². The number of hydrogen-bond acceptors (Lipinski definition) is 6. The SMILES string of the molecule is C/C=C\COCC.C=C(F)/C=C/n1cnc(-c2c(N(C)C)ccnc2C)c(SC)c1=O. The van der Waals surface area contributed by atoms with E-state index in [9.17, 15) is 9.18 Å². The van der Waals surface area contributed by atoms with Crippen molar-refractivity contribution in [3.63, 3.8) is 0 Å². The summed E-state index contributed by atoms with van der Waals surface area (Å²) < 4.78 is 19.0. The van der Waals surface area contributed by atoms with Crippen LogP contribution in [0.5, 0.6) is 0 Å². The molecule has 0 saturated carbocycles. The zero-order valence-corrected chi connectivity index (χ0v) is 19.9. The fraction of sp³-hybridized carbons (Fsp3) is 0.348. The van der Waals surface area contributed by atoms with E-state index < -0.39 is 5.83 Å². The molecule has 168 valence electrons. The number of aromatic nitrogens is 3. The third kappa shape index (κ3) is 7.80. The third-order valence-corrected chi connectivity index (χ3v) is 4.84. The van der Waals surface area contributed by atoms with E-state index in [2.05, 4.69) is 16.5 Å². The molecule has 0 unspecified atom stereocenters. The zero-order chi connectivity index (χ0) is 23.4. The standard InChI is InChI=1S/C17H19FN4OS.C6H12O/c1-11(18)7-9-22-10-20-15(16(24-5)17(22)23)14-12(2)19-8-6-13(14)21(3)4;1-3-5-6-7-4-2/h6-10H,1H2,2-5H3;3,5H,4,6H2,1-2H3/b9-7+;5-3-. The first-order valence-electron chi connectivity index (χ1n) is 9.78. The molecule has 0 radical (unpaired) electrons. The summed E-state index contributed by atoms with van der Waals surface area (Å²) in [6.07, 6.45) is 11.3. The van der Waals surface area contributed by atoms with Gasteiger partial charge in [-0.05, 0) is 39.2 Å². The normalized spacial score (nSPS) is 10.9. The smallest absolute Gasteiger partial charge is 0.271 e. The van der Waals surface area contributed by atoms with E-state index >= 15 is 0 Å². The van der Waals surface area contributed by atoms with Crippen molar-refractivity contribution >= 4 is 23.6 Å². The molecule has 0 N–H and O–H groups in total. The number of pyridine rings is 1. The summed E-state index contributed by atoms with van der Waals surface area (Å²) in [6, 6.07) is 1.88. The molecule has 0 atom stereocenters. The monoisotopic (exact) mass is 446 g/mol. The molecular weight excluding hydrogens is 415 g/mol. The highest BCUT2D eigenvalue weighted by Crippen LogP contribution is 2.34. The van der Waals surface area contributed by atoms with Crippen molar-refractivity contribution < 1.29 is 9.13 Å². The Hall–Kier alpha value is -2.71. The molecule has 2 heterocycles. The predicted octanol–water partition coefficient (Wildman–Crippen LogP) is 4.95. The Kier molecular flexibility index (Phi) is 11.5. The molecule has 0 aliphatic rings. The molecule has 0 aliphatic heterocycles. The van der Waals surface area contributed by atoms with Crippen molar-refractivity contribution in [2.45, 2.75) is 25.7 Å². The van der Waals surface area contributed by atoms with Crippen molar-refractivity contribution in [2.24, 2.45) is 0 Å². The van der Waals surface area contributed by atoms with Crippen molar-refractivity contribution in [1.29, 1.82) is 0 Å². The van der Waals surface area contributed by atoms with Gasteiger partial charge in [-0.3, -0.25) is 14.3 Å². The van der Waals surface area contributed by atoms with Crippen LogP contribution < -0.4 is 10.5 Å². The van der Waals surface area contributed by atoms with Gasteiger partial charge in [0.1, 0.15) is 12.2 Å². The summed E-state index contributed by atoms with van der Waals surface area (Å²) in [6.45, 7) is 10.6. The topological polar surface area (TPSA) is 60.2 Å². The number of ether oxygens (including phenoxy) is 1. The number of rotatable bonds is 8. The van der Waals surface area contributed by atoms with Gasteiger partial charge >= 0.3 is 0 Å². The number of nitrogens with zero attached hydrogens (tertiary/aromatic N) is 4. The number of aryl methyl sites for hydroxylation is 1. The van der Waals surface area contributed by atoms with Crippen LogP contribution in [0.1, 0.15) is 19.5 Å². The van der Waals surface area contributed by atoms with E-state index in [-0.39, 0.29) is 5.56 Å². The number of thioether (sulfide) groups is 1. The molecule has 0 amide bonds. The number of anilines is 1. The lowest BCUT2D eigenvalue weighted by Crippen LogP contribution is -2.20. The molecule has 6 nitrogen and oxygen atoms in total. The quantitative estimate of drug-likeness (QED) is 0.247. The minimum Gasteiger partial charge on any atom is -0.378 e. The van der Waals surface area contributed by atoms with Gasteiger partial charge in [0.15, 0.2) is 0 Å². The van der Waals surface area contributed by atoms with Gasteiger partial charge in [0, 0.05) is 50.0 Å². The van der Waals surface area contributed by atoms with Gasteiger partial charge in [-0.15, -0.1) is 11.8 Å². The van der Waals surface area contributed by atoms with Crippen LogP contribution in [-0.2, 0) is 4.74 Å². The summed E-state index contributed by atoms with van der Waals surface area (Å²) in [5.41, 5.74) is 2.84. The number of hydrogen-bond donors (Lipinski definition) is 0. The van der Waals surface area contributed by atoms with Crippen molar-refractivity contribution in [3.8, 4) is 11.3 Å². The van der Waals surface area contributed by atoms with E-state index in [1.165, 1.54) is 28.9 Å². The highest BCUT2D eigenvalue weighted by atomic mass is 32.2. The largest absolute Gasteiger partial charge is 0.378 e. The summed E-state index contributed by atoms with van der Waals surface area (Å²) in [4.78, 5) is 23.9. The second kappa shape index (κ2) is 13.6. The molecular formula is C23H31FN4O2S. The van der Waals surface area contributed by atoms with E-state index in [1.807, 2.05) is 64.2 Å². The van der Waals surface area contributed by atoms with Crippen molar-refractivity contribution in [2.75, 3.05) is 38.5 Å². The Bertz CT molecular complexity index is 984. The minimum absolute atomic E-state index is 0.266. The van der Waals surface area contributed by atoms with Crippen LogP contribution in [0, 0.1) is 6.92 Å². The first-order valence-corrected chi connectivity index (χ1v) is 11.0. The number of allylic oxidation sites excluding steroid dienone is 3. The Morgan fingerprint density at radius 1 is 1.39 bits per heavy atom. The first kappa shape index (κ1) is 26.3. The lowest BCUT2D eigenvalue weighted by molar-refractivity contribution is 0.177. The Balaban J connectivity index is 0.000000592. The average Bonchev–Trinajstić information content (AvgIpc) is 2.73. The van der Waals surface area contributed by atoms with Crippen molar-refractivity contribution in [3.05, 3.63) is 65.3 Å². The maximum Gasteiger partial charge on any atom is 0.271 e. The Labute approximate surface area is 188 Å². The van der Waals surface area contributed by atoms with Crippen LogP contribution in [0.4, 0.5) is 10.1 Å². The highest BCUT2D eigenvalue weighted by Gasteiger charge is 2.18. The second-order valence-electron chi connectivity index (χ2n) is 6.51. The fourth-order valence-corrected chi connectivity index (χ4v) is 3.21. The third-order valence-electron chi connectivity index (χ3n) is 4.07. The lowest BCUT2D eigenvalue weighted by atomic mass is 10.1. The minimum atomic E-state index is -0.630. The van der Waals surface area contributed by atoms with Gasteiger partial charge in [-0.2, -0.15) is 0 Å². The maximum atomic E-state index is 12.8. The van der Waals surface area contributed by atoms with Crippen LogP contribution in [-0.4, -0.2) is 48.1 Å². The Morgan fingerprint density at radius 3 is 2.65 bits per heavy atom. The van der Waals surface area contributed by atoms with E-state index in [4.69, 9.17) is 4.74 Å². The van der Waals surface area contributed by atoms with Crippen LogP contribution in [0.2, 0.25) is 0 Å². The molecule has 0 saturated heterocycles. The van der Waals surface area contributed by atoms with E-state index in [0.717, 1.165) is 36.2 Å². The molecule has 0 bridgehead atoms. The Morgan fingerprint density at radius 2 is 2.10 bits per heavy atom. The van der Waals surface area contributed by atoms with Crippen molar-refractivity contribution in [1.82, 2.24) is 14.5 Å². The van der Waals surface area contributed by atoms with E-state index in [0.29, 0.717) is 10.6 Å². The highest BCUT2D eigenvalue weighted by molar-refractivity contribution is 7.98. The summed E-state index contributed by atoms with van der Waals surface area (Å²) in [7, 11) is 3.85. The molecule has 0 aliphatic carbocycles. The van der Waals surface area contributed by atoms with Crippen LogP contribution >= 0.6 is 11.8 Å². The van der Waals surface area contributed by atoms with Crippen LogP contribution in [0.3, 0.4) is 0 Å². The molecule has 8 heteroatoms. The first-order chi connectivity index (χ1) is 14.8. The molecule has 2 aromatic rings. The molecule has 2 rings (SSSR count). The predicted molar refractivity (Wildman–Crippen MR) is 129 cm³/mol. The van der Waals surface area contributed by atoms with Gasteiger partial charge < -0.3 is 9.64 Å². The number of halogens is 1. The van der Waals surface area contributed by atoms with Gasteiger partial charge in [0.2, 0.25) is 0 Å². The van der Waals surface area contributed by atoms with E-state index in [1.54, 1.807) is 6.20 Å². The molecule has 0 spiro atoms. The van der Waals surface area contributed by atoms with Gasteiger partial charge in [0.25, 0.3) is 5.56 Å². The molecule has 2 aromatic heterocycles. The summed E-state index contributed by atoms with van der Waals surface area (Å²) in [5, 5.41) is 0. The summed E-state index contributed by atoms with van der Waals surface area (Å²) >= 11 is 1.30. The maximum absolute atomic E-state index is 12.8. The summed E-state index contributed by atoms with van der Waals surface area (Å²) in [5.74, 6) is -0.630. The van der Waals surface area contributed by atoms with Crippen LogP contribution in [0.15, 0.2) is 58.9 Å². The van der Waals surface area contributed by atoms with Gasteiger partial charge in [-0.1, -0.05) is 18.7 Å². The molecule has 0 aromatic carbocycles. The zero-order valence-electron chi connectivity index (χ0n) is 19.1. The second-order valence-corrected chi connectivity index (χ2v) is 7.33. The van der Waals surface area contributed by atoms with Gasteiger partial charge in [0.05, 0.1) is 17.2 Å². The average molecular weight is 447 g/mol. The molecule has 31 heavy (non-hydrogen) atoms. The van der Waals surface area contributed by atoms with Gasteiger partial charge in [-0.25, -0.2) is 9.37 Å². The lowest BCUT2D eigenvalue weighted by Gasteiger charge is -2.19.